The van der Waals surface area contributed by atoms with Crippen LogP contribution in [0.4, 0.5) is 0 Å². The van der Waals surface area contributed by atoms with Crippen molar-refractivity contribution in [3.63, 3.8) is 0 Å². The molecule has 1 heterocycles. The number of amides is 1. The van der Waals surface area contributed by atoms with E-state index in [0.717, 1.165) is 12.0 Å². The van der Waals surface area contributed by atoms with E-state index in [1.165, 1.54) is 0 Å². The molecular formula is C16H21N3O2. The third-order valence-electron chi connectivity index (χ3n) is 3.25. The molecule has 2 aromatic rings. The summed E-state index contributed by atoms with van der Waals surface area (Å²) in [6.07, 6.45) is 3.21. The molecule has 5 nitrogen and oxygen atoms in total. The van der Waals surface area contributed by atoms with Crippen LogP contribution in [0.5, 0.6) is 0 Å². The third-order valence-corrected chi connectivity index (χ3v) is 3.25. The van der Waals surface area contributed by atoms with Crippen LogP contribution in [-0.4, -0.2) is 16.9 Å². The fourth-order valence-corrected chi connectivity index (χ4v) is 2.05. The number of nitrogens with zero attached hydrogens (tertiary/aromatic N) is 1. The Kier molecular flexibility index (Phi) is 5.11. The van der Waals surface area contributed by atoms with E-state index in [1.54, 1.807) is 6.20 Å². The van der Waals surface area contributed by atoms with Crippen LogP contribution in [0.2, 0.25) is 0 Å². The summed E-state index contributed by atoms with van der Waals surface area (Å²) in [5.41, 5.74) is 6.74. The molecule has 5 heteroatoms. The lowest BCUT2D eigenvalue weighted by molar-refractivity contribution is -0.123. The second kappa shape index (κ2) is 7.04. The molecule has 2 unspecified atom stereocenters. The zero-order valence-corrected chi connectivity index (χ0v) is 12.4. The van der Waals surface area contributed by atoms with Crippen molar-refractivity contribution in [1.82, 2.24) is 10.3 Å². The molecule has 1 aromatic heterocycles. The van der Waals surface area contributed by atoms with Gasteiger partial charge in [-0.1, -0.05) is 43.7 Å². The summed E-state index contributed by atoms with van der Waals surface area (Å²) in [6.45, 7) is 3.83. The zero-order valence-electron chi connectivity index (χ0n) is 12.4. The van der Waals surface area contributed by atoms with E-state index in [9.17, 15) is 4.79 Å². The molecule has 2 atom stereocenters. The van der Waals surface area contributed by atoms with Crippen LogP contribution in [0.15, 0.2) is 40.9 Å². The van der Waals surface area contributed by atoms with E-state index in [2.05, 4.69) is 10.3 Å². The van der Waals surface area contributed by atoms with Gasteiger partial charge in [-0.05, 0) is 13.3 Å². The number of nitrogens with one attached hydrogen (secondary N) is 1. The second-order valence-corrected chi connectivity index (χ2v) is 5.05. The maximum absolute atomic E-state index is 11.9. The van der Waals surface area contributed by atoms with Crippen LogP contribution in [0.1, 0.15) is 38.6 Å². The number of oxazole rings is 1. The Balaban J connectivity index is 2.02. The van der Waals surface area contributed by atoms with E-state index in [1.807, 2.05) is 44.2 Å². The molecule has 0 spiro atoms. The Hall–Kier alpha value is -2.14. The first-order valence-corrected chi connectivity index (χ1v) is 7.19. The highest BCUT2D eigenvalue weighted by atomic mass is 16.4. The molecule has 2 rings (SSSR count). The van der Waals surface area contributed by atoms with Crippen molar-refractivity contribution in [2.45, 2.75) is 38.8 Å². The molecule has 0 fully saturated rings. The number of rotatable bonds is 6. The van der Waals surface area contributed by atoms with Gasteiger partial charge in [0.15, 0.2) is 5.76 Å². The topological polar surface area (TPSA) is 81.2 Å². The van der Waals surface area contributed by atoms with Gasteiger partial charge in [-0.3, -0.25) is 4.79 Å². The highest BCUT2D eigenvalue weighted by molar-refractivity contribution is 5.81. The lowest BCUT2D eigenvalue weighted by Gasteiger charge is -2.14. The molecule has 0 aliphatic carbocycles. The monoisotopic (exact) mass is 287 g/mol. The van der Waals surface area contributed by atoms with Crippen LogP contribution in [0.25, 0.3) is 11.3 Å². The van der Waals surface area contributed by atoms with Crippen molar-refractivity contribution in [3.8, 4) is 11.3 Å². The van der Waals surface area contributed by atoms with Gasteiger partial charge in [0, 0.05) is 5.56 Å². The second-order valence-electron chi connectivity index (χ2n) is 5.05. The van der Waals surface area contributed by atoms with Crippen molar-refractivity contribution < 1.29 is 9.21 Å². The lowest BCUT2D eigenvalue weighted by Crippen LogP contribution is -2.41. The largest absolute Gasteiger partial charge is 0.438 e. The van der Waals surface area contributed by atoms with Crippen LogP contribution in [0.3, 0.4) is 0 Å². The summed E-state index contributed by atoms with van der Waals surface area (Å²) >= 11 is 0. The van der Waals surface area contributed by atoms with Gasteiger partial charge in [0.05, 0.1) is 12.2 Å². The Morgan fingerprint density at radius 1 is 1.38 bits per heavy atom. The Labute approximate surface area is 124 Å². The molecule has 0 bridgehead atoms. The lowest BCUT2D eigenvalue weighted by atomic mass is 10.1. The zero-order chi connectivity index (χ0) is 15.2. The molecule has 1 amide bonds. The molecular weight excluding hydrogens is 266 g/mol. The summed E-state index contributed by atoms with van der Waals surface area (Å²) in [5, 5.41) is 2.83. The Morgan fingerprint density at radius 3 is 2.76 bits per heavy atom. The number of hydrogen-bond donors (Lipinski definition) is 2. The smallest absolute Gasteiger partial charge is 0.237 e. The molecule has 21 heavy (non-hydrogen) atoms. The first kappa shape index (κ1) is 15.3. The highest BCUT2D eigenvalue weighted by Crippen LogP contribution is 2.22. The molecule has 0 saturated carbocycles. The molecule has 0 aliphatic heterocycles. The number of hydrogen-bond acceptors (Lipinski definition) is 4. The fraction of sp³-hybridized carbons (Fsp3) is 0.375. The molecule has 112 valence electrons. The minimum absolute atomic E-state index is 0.177. The van der Waals surface area contributed by atoms with Crippen LogP contribution in [-0.2, 0) is 4.79 Å². The van der Waals surface area contributed by atoms with Gasteiger partial charge < -0.3 is 15.5 Å². The Bertz CT molecular complexity index is 580. The first-order valence-electron chi connectivity index (χ1n) is 7.19. The number of carbonyl (C=O) groups excluding carboxylic acids is 1. The van der Waals surface area contributed by atoms with E-state index < -0.39 is 6.04 Å². The highest BCUT2D eigenvalue weighted by Gasteiger charge is 2.19. The fourth-order valence-electron chi connectivity index (χ4n) is 2.05. The van der Waals surface area contributed by atoms with Crippen molar-refractivity contribution in [2.24, 2.45) is 5.73 Å². The van der Waals surface area contributed by atoms with Crippen LogP contribution >= 0.6 is 0 Å². The summed E-state index contributed by atoms with van der Waals surface area (Å²) in [4.78, 5) is 16.1. The maximum atomic E-state index is 11.9. The molecule has 0 radical (unpaired) electrons. The van der Waals surface area contributed by atoms with Gasteiger partial charge in [0.2, 0.25) is 11.8 Å². The van der Waals surface area contributed by atoms with Gasteiger partial charge in [0.1, 0.15) is 6.04 Å². The number of nitrogens with two attached hydrogens (primary N) is 1. The van der Waals surface area contributed by atoms with Crippen molar-refractivity contribution in [3.05, 3.63) is 42.4 Å². The third kappa shape index (κ3) is 3.92. The number of carbonyl (C=O) groups is 1. The van der Waals surface area contributed by atoms with Crippen LogP contribution < -0.4 is 11.1 Å². The van der Waals surface area contributed by atoms with Gasteiger partial charge in [-0.15, -0.1) is 0 Å². The Morgan fingerprint density at radius 2 is 2.10 bits per heavy atom. The molecule has 0 aliphatic rings. The number of benzene rings is 1. The van der Waals surface area contributed by atoms with E-state index >= 15 is 0 Å². The summed E-state index contributed by atoms with van der Waals surface area (Å²) in [6, 6.07) is 8.92. The summed E-state index contributed by atoms with van der Waals surface area (Å²) in [5.74, 6) is 0.985. The maximum Gasteiger partial charge on any atom is 0.237 e. The van der Waals surface area contributed by atoms with Crippen LogP contribution in [0, 0.1) is 0 Å². The SMILES string of the molecule is CCCC(N)C(=O)NC(C)c1ncc(-c2ccccc2)o1. The van der Waals surface area contributed by atoms with E-state index in [-0.39, 0.29) is 11.9 Å². The predicted octanol–water partition coefficient (Wildman–Crippen LogP) is 2.65. The first-order chi connectivity index (χ1) is 10.1. The standard InChI is InChI=1S/C16H21N3O2/c1-3-7-13(17)15(20)19-11(2)16-18-10-14(21-16)12-8-5-4-6-9-12/h4-6,8-11,13H,3,7,17H2,1-2H3,(H,19,20). The van der Waals surface area contributed by atoms with E-state index in [0.29, 0.717) is 18.1 Å². The molecule has 0 saturated heterocycles. The number of aromatic nitrogens is 1. The quantitative estimate of drug-likeness (QED) is 0.855. The average Bonchev–Trinajstić information content (AvgIpc) is 2.98. The van der Waals surface area contributed by atoms with Gasteiger partial charge in [0.25, 0.3) is 0 Å². The van der Waals surface area contributed by atoms with Crippen molar-refractivity contribution in [2.75, 3.05) is 0 Å². The minimum Gasteiger partial charge on any atom is -0.438 e. The minimum atomic E-state index is -0.485. The summed E-state index contributed by atoms with van der Waals surface area (Å²) < 4.78 is 5.71. The van der Waals surface area contributed by atoms with E-state index in [4.69, 9.17) is 10.2 Å². The van der Waals surface area contributed by atoms with Gasteiger partial charge >= 0.3 is 0 Å². The predicted molar refractivity (Wildman–Crippen MR) is 81.4 cm³/mol. The normalized spacial score (nSPS) is 13.7. The molecule has 3 N–H and O–H groups in total. The average molecular weight is 287 g/mol. The summed E-state index contributed by atoms with van der Waals surface area (Å²) in [7, 11) is 0. The molecule has 1 aromatic carbocycles. The van der Waals surface area contributed by atoms with Gasteiger partial charge in [-0.25, -0.2) is 4.98 Å². The van der Waals surface area contributed by atoms with Crippen molar-refractivity contribution in [1.29, 1.82) is 0 Å². The van der Waals surface area contributed by atoms with Crippen molar-refractivity contribution >= 4 is 5.91 Å². The van der Waals surface area contributed by atoms with Gasteiger partial charge in [-0.2, -0.15) is 0 Å².